The van der Waals surface area contributed by atoms with Gasteiger partial charge in [0.05, 0.1) is 18.8 Å². The summed E-state index contributed by atoms with van der Waals surface area (Å²) in [5, 5.41) is 0. The first kappa shape index (κ1) is 15.8. The van der Waals surface area contributed by atoms with Crippen LogP contribution in [0.1, 0.15) is 12.5 Å². The number of carbonyl (C=O) groups is 2. The Kier molecular flexibility index (Phi) is 4.52. The first-order valence-corrected chi connectivity index (χ1v) is 8.06. The smallest absolute Gasteiger partial charge is 0.241 e. The van der Waals surface area contributed by atoms with Crippen molar-refractivity contribution in [2.75, 3.05) is 50.8 Å². The van der Waals surface area contributed by atoms with Crippen LogP contribution in [0.4, 0.5) is 5.69 Å². The van der Waals surface area contributed by atoms with Gasteiger partial charge >= 0.3 is 0 Å². The minimum atomic E-state index is 0.0939. The second-order valence-corrected chi connectivity index (χ2v) is 6.15. The summed E-state index contributed by atoms with van der Waals surface area (Å²) in [6.45, 7) is 7.99. The number of hydrogen-bond acceptors (Lipinski definition) is 4. The Morgan fingerprint density at radius 1 is 1.13 bits per heavy atom. The Morgan fingerprint density at radius 3 is 2.57 bits per heavy atom. The maximum Gasteiger partial charge on any atom is 0.241 e. The summed E-state index contributed by atoms with van der Waals surface area (Å²) in [5.41, 5.74) is 1.98. The van der Waals surface area contributed by atoms with Gasteiger partial charge in [-0.1, -0.05) is 6.07 Å². The van der Waals surface area contributed by atoms with E-state index in [0.29, 0.717) is 32.8 Å². The van der Waals surface area contributed by atoms with Crippen molar-refractivity contribution >= 4 is 17.5 Å². The maximum absolute atomic E-state index is 12.7. The molecule has 2 aliphatic heterocycles. The Labute approximate surface area is 136 Å². The molecule has 23 heavy (non-hydrogen) atoms. The minimum Gasteiger partial charge on any atom is -0.490 e. The number of carbonyl (C=O) groups excluding carboxylic acids is 2. The van der Waals surface area contributed by atoms with E-state index in [1.54, 1.807) is 6.92 Å². The number of amides is 2. The van der Waals surface area contributed by atoms with Crippen LogP contribution in [0, 0.1) is 6.92 Å². The molecule has 3 rings (SSSR count). The van der Waals surface area contributed by atoms with Crippen LogP contribution in [0.2, 0.25) is 0 Å². The van der Waals surface area contributed by atoms with Gasteiger partial charge in [0.2, 0.25) is 11.8 Å². The number of benzene rings is 1. The summed E-state index contributed by atoms with van der Waals surface area (Å²) in [7, 11) is 0. The molecule has 0 atom stereocenters. The van der Waals surface area contributed by atoms with Crippen LogP contribution in [0.3, 0.4) is 0 Å². The summed E-state index contributed by atoms with van der Waals surface area (Å²) in [6.07, 6.45) is 0. The third-order valence-electron chi connectivity index (χ3n) is 4.46. The highest BCUT2D eigenvalue weighted by molar-refractivity contribution is 5.96. The van der Waals surface area contributed by atoms with Crippen molar-refractivity contribution in [1.29, 1.82) is 0 Å². The molecule has 0 unspecified atom stereocenters. The molecular formula is C17H23N3O3. The van der Waals surface area contributed by atoms with E-state index in [2.05, 4.69) is 4.90 Å². The predicted molar refractivity (Wildman–Crippen MR) is 87.7 cm³/mol. The predicted octanol–water partition coefficient (Wildman–Crippen LogP) is 0.885. The molecule has 1 fully saturated rings. The molecule has 0 N–H and O–H groups in total. The SMILES string of the molecule is CC(=O)N1CCN(CC(=O)N2CCOc3ccc(C)cc32)CC1. The molecule has 1 aromatic carbocycles. The molecule has 0 aliphatic carbocycles. The number of anilines is 1. The molecule has 124 valence electrons. The van der Waals surface area contributed by atoms with Crippen LogP contribution in [0.5, 0.6) is 5.75 Å². The zero-order chi connectivity index (χ0) is 16.4. The van der Waals surface area contributed by atoms with E-state index in [4.69, 9.17) is 4.74 Å². The lowest BCUT2D eigenvalue weighted by Gasteiger charge is -2.36. The summed E-state index contributed by atoms with van der Waals surface area (Å²) in [5.74, 6) is 0.974. The molecule has 2 aliphatic rings. The van der Waals surface area contributed by atoms with Crippen LogP contribution in [-0.2, 0) is 9.59 Å². The Bertz CT molecular complexity index is 609. The number of ether oxygens (including phenoxy) is 1. The second-order valence-electron chi connectivity index (χ2n) is 6.15. The van der Waals surface area contributed by atoms with E-state index in [-0.39, 0.29) is 11.8 Å². The van der Waals surface area contributed by atoms with Gasteiger partial charge in [0.1, 0.15) is 12.4 Å². The van der Waals surface area contributed by atoms with Gasteiger partial charge in [-0.25, -0.2) is 0 Å². The number of piperazine rings is 1. The maximum atomic E-state index is 12.7. The molecule has 0 bridgehead atoms. The highest BCUT2D eigenvalue weighted by atomic mass is 16.5. The van der Waals surface area contributed by atoms with Crippen molar-refractivity contribution < 1.29 is 14.3 Å². The van der Waals surface area contributed by atoms with E-state index >= 15 is 0 Å². The third kappa shape index (κ3) is 3.47. The average molecular weight is 317 g/mol. The van der Waals surface area contributed by atoms with Crippen LogP contribution < -0.4 is 9.64 Å². The Hall–Kier alpha value is -2.08. The fourth-order valence-electron chi connectivity index (χ4n) is 3.08. The fraction of sp³-hybridized carbons (Fsp3) is 0.529. The summed E-state index contributed by atoms with van der Waals surface area (Å²) >= 11 is 0. The Morgan fingerprint density at radius 2 is 1.87 bits per heavy atom. The molecular weight excluding hydrogens is 294 g/mol. The van der Waals surface area contributed by atoms with Crippen LogP contribution >= 0.6 is 0 Å². The van der Waals surface area contributed by atoms with Gasteiger partial charge in [-0.05, 0) is 24.6 Å². The van der Waals surface area contributed by atoms with E-state index in [0.717, 1.165) is 30.1 Å². The largest absolute Gasteiger partial charge is 0.490 e. The van der Waals surface area contributed by atoms with Crippen molar-refractivity contribution in [1.82, 2.24) is 9.80 Å². The van der Waals surface area contributed by atoms with Gasteiger partial charge in [-0.3, -0.25) is 14.5 Å². The zero-order valence-corrected chi connectivity index (χ0v) is 13.7. The molecule has 0 spiro atoms. The van der Waals surface area contributed by atoms with Crippen molar-refractivity contribution in [3.63, 3.8) is 0 Å². The molecule has 2 heterocycles. The molecule has 6 nitrogen and oxygen atoms in total. The highest BCUT2D eigenvalue weighted by Crippen LogP contribution is 2.32. The monoisotopic (exact) mass is 317 g/mol. The second kappa shape index (κ2) is 6.58. The van der Waals surface area contributed by atoms with Gasteiger partial charge in [-0.15, -0.1) is 0 Å². The first-order chi connectivity index (χ1) is 11.0. The number of aryl methyl sites for hydroxylation is 1. The lowest BCUT2D eigenvalue weighted by atomic mass is 10.1. The molecule has 2 amide bonds. The van der Waals surface area contributed by atoms with Crippen molar-refractivity contribution in [3.05, 3.63) is 23.8 Å². The molecule has 1 saturated heterocycles. The van der Waals surface area contributed by atoms with Crippen molar-refractivity contribution in [2.45, 2.75) is 13.8 Å². The number of fused-ring (bicyclic) bond motifs is 1. The standard InChI is InChI=1S/C17H23N3O3/c1-13-3-4-16-15(11-13)20(9-10-23-16)17(22)12-18-5-7-19(8-6-18)14(2)21/h3-4,11H,5-10,12H2,1-2H3. The summed E-state index contributed by atoms with van der Waals surface area (Å²) < 4.78 is 5.64. The molecule has 0 saturated carbocycles. The van der Waals surface area contributed by atoms with Crippen LogP contribution in [-0.4, -0.2) is 67.5 Å². The summed E-state index contributed by atoms with van der Waals surface area (Å²) in [6, 6.07) is 5.92. The topological polar surface area (TPSA) is 53.1 Å². The zero-order valence-electron chi connectivity index (χ0n) is 13.7. The first-order valence-electron chi connectivity index (χ1n) is 8.06. The molecule has 1 aromatic rings. The Balaban J connectivity index is 1.64. The summed E-state index contributed by atoms with van der Waals surface area (Å²) in [4.78, 5) is 29.8. The van der Waals surface area contributed by atoms with Crippen molar-refractivity contribution in [2.24, 2.45) is 0 Å². The molecule has 0 radical (unpaired) electrons. The van der Waals surface area contributed by atoms with Gasteiger partial charge in [0.15, 0.2) is 0 Å². The third-order valence-corrected chi connectivity index (χ3v) is 4.46. The lowest BCUT2D eigenvalue weighted by Crippen LogP contribution is -2.52. The van der Waals surface area contributed by atoms with Crippen LogP contribution in [0.15, 0.2) is 18.2 Å². The van der Waals surface area contributed by atoms with E-state index < -0.39 is 0 Å². The quantitative estimate of drug-likeness (QED) is 0.813. The van der Waals surface area contributed by atoms with Gasteiger partial charge in [-0.2, -0.15) is 0 Å². The van der Waals surface area contributed by atoms with E-state index in [1.165, 1.54) is 0 Å². The molecule has 6 heteroatoms. The van der Waals surface area contributed by atoms with Gasteiger partial charge < -0.3 is 14.5 Å². The normalized spacial score (nSPS) is 18.3. The average Bonchev–Trinajstić information content (AvgIpc) is 2.54. The number of rotatable bonds is 2. The lowest BCUT2D eigenvalue weighted by molar-refractivity contribution is -0.130. The van der Waals surface area contributed by atoms with E-state index in [1.807, 2.05) is 34.9 Å². The van der Waals surface area contributed by atoms with Gasteiger partial charge in [0, 0.05) is 33.1 Å². The highest BCUT2D eigenvalue weighted by Gasteiger charge is 2.27. The minimum absolute atomic E-state index is 0.0939. The van der Waals surface area contributed by atoms with E-state index in [9.17, 15) is 9.59 Å². The van der Waals surface area contributed by atoms with Crippen molar-refractivity contribution in [3.8, 4) is 5.75 Å². The number of nitrogens with zero attached hydrogens (tertiary/aromatic N) is 3. The van der Waals surface area contributed by atoms with Crippen LogP contribution in [0.25, 0.3) is 0 Å². The fourth-order valence-corrected chi connectivity index (χ4v) is 3.08. The van der Waals surface area contributed by atoms with Gasteiger partial charge in [0.25, 0.3) is 0 Å². The number of hydrogen-bond donors (Lipinski definition) is 0. The molecule has 0 aromatic heterocycles.